The Morgan fingerprint density at radius 2 is 1.35 bits per heavy atom. The van der Waals surface area contributed by atoms with Crippen molar-refractivity contribution in [3.63, 3.8) is 0 Å². The second-order valence-corrected chi connectivity index (χ2v) is 7.54. The summed E-state index contributed by atoms with van der Waals surface area (Å²) < 4.78 is 31.6. The summed E-state index contributed by atoms with van der Waals surface area (Å²) in [5.41, 5.74) is 0. The van der Waals surface area contributed by atoms with E-state index in [-0.39, 0.29) is 5.75 Å². The minimum Gasteiger partial charge on any atom is -0.463 e. The van der Waals surface area contributed by atoms with E-state index in [4.69, 9.17) is 40.0 Å². The zero-order chi connectivity index (χ0) is 25.4. The molecule has 0 aromatic heterocycles. The number of halogens is 1. The van der Waals surface area contributed by atoms with Crippen LogP contribution in [0.4, 0.5) is 4.79 Å². The van der Waals surface area contributed by atoms with Crippen LogP contribution in [0, 0.1) is 0 Å². The second-order valence-electron chi connectivity index (χ2n) is 7.11. The predicted octanol–water partition coefficient (Wildman–Crippen LogP) is 1.51. The largest absolute Gasteiger partial charge is 0.463 e. The molecule has 3 unspecified atom stereocenters. The summed E-state index contributed by atoms with van der Waals surface area (Å²) in [5.74, 6) is -2.89. The molecule has 186 valence electrons. The molecule has 1 saturated heterocycles. The van der Waals surface area contributed by atoms with E-state index in [1.807, 2.05) is 0 Å². The fourth-order valence-corrected chi connectivity index (χ4v) is 3.23. The van der Waals surface area contributed by atoms with E-state index < -0.39 is 67.2 Å². The van der Waals surface area contributed by atoms with Gasteiger partial charge in [-0.2, -0.15) is 0 Å². The molecule has 1 aromatic rings. The molecule has 34 heavy (non-hydrogen) atoms. The van der Waals surface area contributed by atoms with Gasteiger partial charge in [0, 0.05) is 32.7 Å². The average molecular weight is 502 g/mol. The molecule has 13 heteroatoms. The van der Waals surface area contributed by atoms with Crippen molar-refractivity contribution in [2.75, 3.05) is 6.61 Å². The first-order valence-corrected chi connectivity index (χ1v) is 10.4. The van der Waals surface area contributed by atoms with Crippen molar-refractivity contribution in [3.05, 3.63) is 29.3 Å². The van der Waals surface area contributed by atoms with Gasteiger partial charge in [0.2, 0.25) is 0 Å². The summed E-state index contributed by atoms with van der Waals surface area (Å²) in [6.07, 6.45) is -7.86. The maximum atomic E-state index is 12.5. The lowest BCUT2D eigenvalue weighted by Crippen LogP contribution is -2.66. The Balaban J connectivity index is 2.35. The molecule has 0 spiro atoms. The maximum absolute atomic E-state index is 12.5. The molecule has 0 saturated carbocycles. The number of amides is 1. The van der Waals surface area contributed by atoms with Gasteiger partial charge in [-0.3, -0.25) is 24.5 Å². The fraction of sp³-hybridized carbons (Fsp3) is 0.476. The second kappa shape index (κ2) is 12.2. The summed E-state index contributed by atoms with van der Waals surface area (Å²) in [5, 5.41) is 2.79. The molecule has 12 nitrogen and oxygen atoms in total. The monoisotopic (exact) mass is 501 g/mol. The maximum Gasteiger partial charge on any atom is 0.414 e. The van der Waals surface area contributed by atoms with E-state index >= 15 is 0 Å². The van der Waals surface area contributed by atoms with Gasteiger partial charge in [0.1, 0.15) is 18.5 Å². The molecule has 0 aliphatic carbocycles. The average Bonchev–Trinajstić information content (AvgIpc) is 2.71. The van der Waals surface area contributed by atoms with Gasteiger partial charge in [0.25, 0.3) is 0 Å². The van der Waals surface area contributed by atoms with Crippen LogP contribution in [0.1, 0.15) is 27.7 Å². The van der Waals surface area contributed by atoms with Crippen molar-refractivity contribution < 1.29 is 52.4 Å². The Labute approximate surface area is 199 Å². The van der Waals surface area contributed by atoms with E-state index in [0.717, 1.165) is 27.7 Å². The lowest BCUT2D eigenvalue weighted by Gasteiger charge is -2.44. The van der Waals surface area contributed by atoms with Crippen molar-refractivity contribution in [2.45, 2.75) is 58.3 Å². The van der Waals surface area contributed by atoms with Crippen LogP contribution in [0.5, 0.6) is 5.75 Å². The lowest BCUT2D eigenvalue weighted by molar-refractivity contribution is -0.255. The number of hydrogen-bond donors (Lipinski definition) is 1. The lowest BCUT2D eigenvalue weighted by atomic mass is 9.97. The number of hydrogen-bond acceptors (Lipinski definition) is 11. The van der Waals surface area contributed by atoms with Gasteiger partial charge in [-0.25, -0.2) is 4.79 Å². The molecule has 1 N–H and O–H groups in total. The smallest absolute Gasteiger partial charge is 0.414 e. The SMILES string of the molecule is CC(=O)OCC1O[C@H](NC(=O)Oc2ccc(Cl)cc2)C(OC(C)=O)C(OC(C)=O)[C@@H]1OC(C)=O. The molecule has 0 bridgehead atoms. The van der Waals surface area contributed by atoms with Gasteiger partial charge in [-0.1, -0.05) is 11.6 Å². The van der Waals surface area contributed by atoms with Crippen molar-refractivity contribution in [3.8, 4) is 5.75 Å². The minimum atomic E-state index is -1.45. The third-order valence-corrected chi connectivity index (χ3v) is 4.53. The number of rotatable bonds is 7. The number of benzene rings is 1. The zero-order valence-electron chi connectivity index (χ0n) is 18.8. The molecular weight excluding hydrogens is 478 g/mol. The van der Waals surface area contributed by atoms with Gasteiger partial charge in [0.05, 0.1) is 0 Å². The van der Waals surface area contributed by atoms with Crippen LogP contribution in [-0.4, -0.2) is 67.2 Å². The third kappa shape index (κ3) is 8.19. The Morgan fingerprint density at radius 1 is 0.824 bits per heavy atom. The molecule has 1 aromatic carbocycles. The minimum absolute atomic E-state index is 0.146. The number of esters is 4. The van der Waals surface area contributed by atoms with Gasteiger partial charge in [-0.15, -0.1) is 0 Å². The van der Waals surface area contributed by atoms with Gasteiger partial charge in [0.15, 0.2) is 24.5 Å². The first-order valence-electron chi connectivity index (χ1n) is 10.0. The molecule has 1 aliphatic heterocycles. The van der Waals surface area contributed by atoms with E-state index in [0.29, 0.717) is 5.02 Å². The van der Waals surface area contributed by atoms with Crippen molar-refractivity contribution in [2.24, 2.45) is 0 Å². The molecular formula is C21H24ClNO11. The van der Waals surface area contributed by atoms with Crippen molar-refractivity contribution in [1.29, 1.82) is 0 Å². The predicted molar refractivity (Wildman–Crippen MR) is 113 cm³/mol. The van der Waals surface area contributed by atoms with Crippen molar-refractivity contribution >= 4 is 41.6 Å². The number of nitrogens with one attached hydrogen (secondary N) is 1. The van der Waals surface area contributed by atoms with Crippen molar-refractivity contribution in [1.82, 2.24) is 5.32 Å². The van der Waals surface area contributed by atoms with E-state index in [9.17, 15) is 24.0 Å². The normalized spacial score (nSPS) is 23.7. The van der Waals surface area contributed by atoms with E-state index in [1.165, 1.54) is 24.3 Å². The molecule has 5 atom stereocenters. The van der Waals surface area contributed by atoms with Crippen LogP contribution >= 0.6 is 11.6 Å². The first kappa shape index (κ1) is 26.9. The van der Waals surface area contributed by atoms with Gasteiger partial charge >= 0.3 is 30.0 Å². The highest BCUT2D eigenvalue weighted by molar-refractivity contribution is 6.30. The molecule has 0 radical (unpaired) electrons. The first-order chi connectivity index (χ1) is 16.0. The van der Waals surface area contributed by atoms with E-state index in [1.54, 1.807) is 0 Å². The van der Waals surface area contributed by atoms with Crippen LogP contribution in [0.2, 0.25) is 5.02 Å². The van der Waals surface area contributed by atoms with Crippen LogP contribution in [0.3, 0.4) is 0 Å². The Hall–Kier alpha value is -3.38. The highest BCUT2D eigenvalue weighted by Crippen LogP contribution is 2.28. The van der Waals surface area contributed by atoms with Gasteiger partial charge < -0.3 is 28.4 Å². The summed E-state index contributed by atoms with van der Waals surface area (Å²) >= 11 is 5.81. The topological polar surface area (TPSA) is 153 Å². The molecule has 2 rings (SSSR count). The molecule has 1 heterocycles. The van der Waals surface area contributed by atoms with Gasteiger partial charge in [-0.05, 0) is 24.3 Å². The Kier molecular flexibility index (Phi) is 9.63. The quantitative estimate of drug-likeness (QED) is 0.427. The fourth-order valence-electron chi connectivity index (χ4n) is 3.10. The summed E-state index contributed by atoms with van der Waals surface area (Å²) in [6.45, 7) is 3.99. The number of carbonyl (C=O) groups excluding carboxylic acids is 5. The summed E-state index contributed by atoms with van der Waals surface area (Å²) in [4.78, 5) is 59.1. The standard InChI is InChI=1S/C21H24ClNO11/c1-10(24)29-9-16-17(30-11(2)25)18(31-12(3)26)19(32-13(4)27)20(34-16)23-21(28)33-15-7-5-14(22)6-8-15/h5-8,16-20H,9H2,1-4H3,(H,23,28)/t16?,17-,18?,19?,20+/m1/s1. The third-order valence-electron chi connectivity index (χ3n) is 4.28. The zero-order valence-corrected chi connectivity index (χ0v) is 19.5. The van der Waals surface area contributed by atoms with Crippen LogP contribution < -0.4 is 10.1 Å². The van der Waals surface area contributed by atoms with E-state index in [2.05, 4.69) is 5.32 Å². The van der Waals surface area contributed by atoms with Crippen LogP contribution in [0.15, 0.2) is 24.3 Å². The summed E-state index contributed by atoms with van der Waals surface area (Å²) in [7, 11) is 0. The van der Waals surface area contributed by atoms with Crippen LogP contribution in [0.25, 0.3) is 0 Å². The summed E-state index contributed by atoms with van der Waals surface area (Å²) in [6, 6.07) is 5.88. The van der Waals surface area contributed by atoms with Crippen LogP contribution in [-0.2, 0) is 42.9 Å². The highest BCUT2D eigenvalue weighted by atomic mass is 35.5. The number of carbonyl (C=O) groups is 5. The molecule has 1 amide bonds. The Morgan fingerprint density at radius 3 is 1.88 bits per heavy atom. The molecule has 1 fully saturated rings. The Bertz CT molecular complexity index is 920. The molecule has 1 aliphatic rings. The number of ether oxygens (including phenoxy) is 6. The highest BCUT2D eigenvalue weighted by Gasteiger charge is 2.52.